The predicted molar refractivity (Wildman–Crippen MR) is 90.0 cm³/mol. The highest BCUT2D eigenvalue weighted by Crippen LogP contribution is 2.25. The van der Waals surface area contributed by atoms with Crippen LogP contribution >= 0.6 is 24.0 Å². The summed E-state index contributed by atoms with van der Waals surface area (Å²) in [6.45, 7) is 0.755. The molecule has 2 rings (SSSR count). The zero-order chi connectivity index (χ0) is 13.7. The van der Waals surface area contributed by atoms with Crippen molar-refractivity contribution in [3.8, 4) is 6.07 Å². The van der Waals surface area contributed by atoms with Gasteiger partial charge in [0, 0.05) is 25.6 Å². The molecule has 0 radical (unpaired) electrons. The topological polar surface area (TPSA) is 80.4 Å². The van der Waals surface area contributed by atoms with Crippen LogP contribution in [-0.4, -0.2) is 36.8 Å². The van der Waals surface area contributed by atoms with Crippen molar-refractivity contribution in [2.75, 3.05) is 13.6 Å². The molecule has 6 heteroatoms. The normalized spacial score (nSPS) is 33.4. The molecule has 0 heterocycles. The van der Waals surface area contributed by atoms with Gasteiger partial charge in [0.15, 0.2) is 5.96 Å². The second kappa shape index (κ2) is 8.67. The van der Waals surface area contributed by atoms with Gasteiger partial charge in [-0.2, -0.15) is 5.26 Å². The van der Waals surface area contributed by atoms with Crippen molar-refractivity contribution in [2.24, 2.45) is 16.8 Å². The van der Waals surface area contributed by atoms with Crippen molar-refractivity contribution in [3.63, 3.8) is 0 Å². The Morgan fingerprint density at radius 3 is 2.65 bits per heavy atom. The zero-order valence-corrected chi connectivity index (χ0v) is 14.3. The first-order chi connectivity index (χ1) is 9.24. The van der Waals surface area contributed by atoms with E-state index in [0.29, 0.717) is 5.92 Å². The summed E-state index contributed by atoms with van der Waals surface area (Å²) in [5, 5.41) is 25.5. The van der Waals surface area contributed by atoms with E-state index in [1.807, 2.05) is 0 Å². The van der Waals surface area contributed by atoms with Crippen LogP contribution in [0, 0.1) is 23.2 Å². The highest BCUT2D eigenvalue weighted by molar-refractivity contribution is 14.0. The number of nitrogens with zero attached hydrogens (tertiary/aromatic N) is 2. The number of aliphatic hydroxyl groups excluding tert-OH is 1. The van der Waals surface area contributed by atoms with E-state index in [1.54, 1.807) is 7.05 Å². The SMILES string of the molecule is CN=C(NCC1CCCC1O)NC1CCCC1C#N.I. The third kappa shape index (κ3) is 4.48. The van der Waals surface area contributed by atoms with Gasteiger partial charge in [-0.1, -0.05) is 6.42 Å². The molecule has 2 fully saturated rings. The Labute approximate surface area is 138 Å². The van der Waals surface area contributed by atoms with Crippen molar-refractivity contribution in [3.05, 3.63) is 0 Å². The Bertz CT molecular complexity index is 369. The lowest BCUT2D eigenvalue weighted by atomic mass is 10.1. The summed E-state index contributed by atoms with van der Waals surface area (Å²) in [7, 11) is 1.75. The molecular weight excluding hydrogens is 367 g/mol. The molecule has 2 aliphatic carbocycles. The van der Waals surface area contributed by atoms with Gasteiger partial charge in [0.05, 0.1) is 18.1 Å². The minimum atomic E-state index is -0.177. The molecule has 4 atom stereocenters. The third-order valence-corrected chi connectivity index (χ3v) is 4.38. The molecule has 0 aliphatic heterocycles. The molecule has 0 bridgehead atoms. The van der Waals surface area contributed by atoms with Crippen LogP contribution in [0.15, 0.2) is 4.99 Å². The van der Waals surface area contributed by atoms with Crippen LogP contribution in [0.1, 0.15) is 38.5 Å². The number of halogens is 1. The summed E-state index contributed by atoms with van der Waals surface area (Å²) in [5.74, 6) is 1.18. The summed E-state index contributed by atoms with van der Waals surface area (Å²) in [4.78, 5) is 4.21. The smallest absolute Gasteiger partial charge is 0.191 e. The summed E-state index contributed by atoms with van der Waals surface area (Å²) in [6, 6.07) is 2.58. The van der Waals surface area contributed by atoms with Crippen LogP contribution in [0.25, 0.3) is 0 Å². The van der Waals surface area contributed by atoms with E-state index in [-0.39, 0.29) is 42.0 Å². The van der Waals surface area contributed by atoms with Gasteiger partial charge in [-0.15, -0.1) is 24.0 Å². The van der Waals surface area contributed by atoms with E-state index < -0.39 is 0 Å². The summed E-state index contributed by atoms with van der Waals surface area (Å²) >= 11 is 0. The van der Waals surface area contributed by atoms with Gasteiger partial charge < -0.3 is 15.7 Å². The number of guanidine groups is 1. The van der Waals surface area contributed by atoms with Crippen molar-refractivity contribution in [2.45, 2.75) is 50.7 Å². The molecule has 20 heavy (non-hydrogen) atoms. The first-order valence-corrected chi connectivity index (χ1v) is 7.29. The Hall–Kier alpha value is -0.550. The fourth-order valence-corrected chi connectivity index (χ4v) is 3.14. The van der Waals surface area contributed by atoms with Gasteiger partial charge in [-0.25, -0.2) is 0 Å². The van der Waals surface area contributed by atoms with Crippen molar-refractivity contribution in [1.82, 2.24) is 10.6 Å². The lowest BCUT2D eigenvalue weighted by Crippen LogP contribution is -2.46. The van der Waals surface area contributed by atoms with Crippen molar-refractivity contribution < 1.29 is 5.11 Å². The van der Waals surface area contributed by atoms with Gasteiger partial charge in [0.2, 0.25) is 0 Å². The van der Waals surface area contributed by atoms with E-state index in [4.69, 9.17) is 5.26 Å². The highest BCUT2D eigenvalue weighted by atomic mass is 127. The Morgan fingerprint density at radius 2 is 2.05 bits per heavy atom. The molecule has 3 N–H and O–H groups in total. The van der Waals surface area contributed by atoms with Crippen molar-refractivity contribution in [1.29, 1.82) is 5.26 Å². The second-order valence-corrected chi connectivity index (χ2v) is 5.63. The molecule has 0 aromatic carbocycles. The maximum Gasteiger partial charge on any atom is 0.191 e. The number of nitriles is 1. The van der Waals surface area contributed by atoms with E-state index in [1.165, 1.54) is 0 Å². The monoisotopic (exact) mass is 392 g/mol. The van der Waals surface area contributed by atoms with Crippen LogP contribution in [0.5, 0.6) is 0 Å². The first kappa shape index (κ1) is 17.5. The average molecular weight is 392 g/mol. The summed E-state index contributed by atoms with van der Waals surface area (Å²) < 4.78 is 0. The lowest BCUT2D eigenvalue weighted by molar-refractivity contribution is 0.134. The maximum absolute atomic E-state index is 9.80. The van der Waals surface area contributed by atoms with Crippen molar-refractivity contribution >= 4 is 29.9 Å². The van der Waals surface area contributed by atoms with E-state index in [9.17, 15) is 5.11 Å². The molecule has 2 saturated carbocycles. The molecule has 0 aromatic heterocycles. The molecule has 2 aliphatic rings. The van der Waals surface area contributed by atoms with Gasteiger partial charge >= 0.3 is 0 Å². The second-order valence-electron chi connectivity index (χ2n) is 5.63. The van der Waals surface area contributed by atoms with Crippen LogP contribution in [0.3, 0.4) is 0 Å². The first-order valence-electron chi connectivity index (χ1n) is 7.29. The third-order valence-electron chi connectivity index (χ3n) is 4.38. The lowest BCUT2D eigenvalue weighted by Gasteiger charge is -2.21. The fourth-order valence-electron chi connectivity index (χ4n) is 3.14. The number of hydrogen-bond acceptors (Lipinski definition) is 3. The zero-order valence-electron chi connectivity index (χ0n) is 12.0. The van der Waals surface area contributed by atoms with Gasteiger partial charge in [-0.05, 0) is 32.1 Å². The standard InChI is InChI=1S/C14H24N4O.HI/c1-16-14(17-9-11-5-3-7-13(11)19)18-12-6-2-4-10(12)8-15;/h10-13,19H,2-7,9H2,1H3,(H2,16,17,18);1H. The molecule has 0 amide bonds. The number of aliphatic hydroxyl groups is 1. The van der Waals surface area contributed by atoms with E-state index in [2.05, 4.69) is 21.7 Å². The summed E-state index contributed by atoms with van der Waals surface area (Å²) in [5.41, 5.74) is 0. The van der Waals surface area contributed by atoms with Crippen LogP contribution in [-0.2, 0) is 0 Å². The number of aliphatic imine (C=N–C) groups is 1. The van der Waals surface area contributed by atoms with E-state index in [0.717, 1.165) is 51.0 Å². The fraction of sp³-hybridized carbons (Fsp3) is 0.857. The van der Waals surface area contributed by atoms with Crippen LogP contribution in [0.2, 0.25) is 0 Å². The van der Waals surface area contributed by atoms with E-state index >= 15 is 0 Å². The Kier molecular flexibility index (Phi) is 7.59. The quantitative estimate of drug-likeness (QED) is 0.388. The molecular formula is C14H25IN4O. The minimum Gasteiger partial charge on any atom is -0.393 e. The maximum atomic E-state index is 9.80. The molecule has 114 valence electrons. The molecule has 0 saturated heterocycles. The molecule has 5 nitrogen and oxygen atoms in total. The molecule has 4 unspecified atom stereocenters. The molecule has 0 spiro atoms. The van der Waals surface area contributed by atoms with Crippen LogP contribution < -0.4 is 10.6 Å². The summed E-state index contributed by atoms with van der Waals surface area (Å²) in [6.07, 6.45) is 6.04. The Balaban J connectivity index is 0.00000200. The number of hydrogen-bond donors (Lipinski definition) is 3. The largest absolute Gasteiger partial charge is 0.393 e. The predicted octanol–water partition coefficient (Wildman–Crippen LogP) is 1.62. The highest BCUT2D eigenvalue weighted by Gasteiger charge is 2.29. The number of rotatable bonds is 3. The van der Waals surface area contributed by atoms with Gasteiger partial charge in [0.1, 0.15) is 0 Å². The molecule has 0 aromatic rings. The van der Waals surface area contributed by atoms with Gasteiger partial charge in [-0.3, -0.25) is 4.99 Å². The Morgan fingerprint density at radius 1 is 1.30 bits per heavy atom. The number of nitrogens with one attached hydrogen (secondary N) is 2. The average Bonchev–Trinajstić information content (AvgIpc) is 3.03. The van der Waals surface area contributed by atoms with Crippen LogP contribution in [0.4, 0.5) is 0 Å². The van der Waals surface area contributed by atoms with Gasteiger partial charge in [0.25, 0.3) is 0 Å². The minimum absolute atomic E-state index is 0.